The molecule has 0 radical (unpaired) electrons. The fourth-order valence-corrected chi connectivity index (χ4v) is 0.349. The molecular weight excluding hydrogens is 131 g/mol. The number of carbonyl (C=O) groups is 1. The maximum Gasteiger partial charge on any atom is 1.00 e. The summed E-state index contributed by atoms with van der Waals surface area (Å²) in [5, 5.41) is 18.0. The normalized spacial score (nSPS) is 11.8. The van der Waals surface area contributed by atoms with Crippen LogP contribution in [0.25, 0.3) is 0 Å². The van der Waals surface area contributed by atoms with Gasteiger partial charge in [0.2, 0.25) is 0 Å². The monoisotopic (exact) mass is 140 g/mol. The summed E-state index contributed by atoms with van der Waals surface area (Å²) in [5.74, 6) is -1.29. The molecule has 0 unspecified atom stereocenters. The van der Waals surface area contributed by atoms with Gasteiger partial charge in [-0.2, -0.15) is 0 Å². The zero-order valence-corrected chi connectivity index (χ0v) is 7.76. The SMILES string of the molecule is C[C@H](CO)CC(=O)[O-].[Na+]. The van der Waals surface area contributed by atoms with Gasteiger partial charge in [0.1, 0.15) is 0 Å². The van der Waals surface area contributed by atoms with Crippen molar-refractivity contribution in [2.24, 2.45) is 5.92 Å². The molecule has 0 heterocycles. The molecule has 0 aliphatic heterocycles. The van der Waals surface area contributed by atoms with Crippen molar-refractivity contribution in [1.82, 2.24) is 0 Å². The van der Waals surface area contributed by atoms with Crippen LogP contribution in [-0.2, 0) is 4.79 Å². The van der Waals surface area contributed by atoms with E-state index in [0.29, 0.717) is 0 Å². The van der Waals surface area contributed by atoms with E-state index in [0.717, 1.165) is 0 Å². The standard InChI is InChI=1S/C5H10O3.Na/c1-4(3-6)2-5(7)8;/h4,6H,2-3H2,1H3,(H,7,8);/q;+1/p-1/t4-;/m0./s1. The largest absolute Gasteiger partial charge is 1.00 e. The smallest absolute Gasteiger partial charge is 0.550 e. The number of carboxylic acid groups (broad SMARTS) is 1. The summed E-state index contributed by atoms with van der Waals surface area (Å²) in [7, 11) is 0. The van der Waals surface area contributed by atoms with Crippen LogP contribution in [0.5, 0.6) is 0 Å². The van der Waals surface area contributed by atoms with E-state index < -0.39 is 5.97 Å². The molecular formula is C5H9NaO3. The first-order chi connectivity index (χ1) is 3.66. The molecule has 1 N–H and O–H groups in total. The molecule has 0 rings (SSSR count). The van der Waals surface area contributed by atoms with Gasteiger partial charge in [0.25, 0.3) is 0 Å². The van der Waals surface area contributed by atoms with Gasteiger partial charge in [0, 0.05) is 12.6 Å². The second kappa shape index (κ2) is 6.55. The topological polar surface area (TPSA) is 60.4 Å². The van der Waals surface area contributed by atoms with Crippen molar-refractivity contribution in [3.05, 3.63) is 0 Å². The van der Waals surface area contributed by atoms with E-state index in [2.05, 4.69) is 0 Å². The van der Waals surface area contributed by atoms with Crippen molar-refractivity contribution in [3.8, 4) is 0 Å². The zero-order chi connectivity index (χ0) is 6.57. The summed E-state index contributed by atoms with van der Waals surface area (Å²) < 4.78 is 0. The van der Waals surface area contributed by atoms with E-state index in [1.807, 2.05) is 0 Å². The van der Waals surface area contributed by atoms with Crippen LogP contribution in [0, 0.1) is 5.92 Å². The van der Waals surface area contributed by atoms with Crippen LogP contribution in [0.2, 0.25) is 0 Å². The summed E-state index contributed by atoms with van der Waals surface area (Å²) >= 11 is 0. The van der Waals surface area contributed by atoms with Gasteiger partial charge >= 0.3 is 29.6 Å². The number of hydrogen-bond acceptors (Lipinski definition) is 3. The number of hydrogen-bond donors (Lipinski definition) is 1. The van der Waals surface area contributed by atoms with E-state index in [-0.39, 0.29) is 48.5 Å². The van der Waals surface area contributed by atoms with Crippen LogP contribution in [0.1, 0.15) is 13.3 Å². The number of rotatable bonds is 3. The predicted molar refractivity (Wildman–Crippen MR) is 25.9 cm³/mol. The third-order valence-electron chi connectivity index (χ3n) is 0.827. The summed E-state index contributed by atoms with van der Waals surface area (Å²) in [4.78, 5) is 9.75. The number of carboxylic acids is 1. The third kappa shape index (κ3) is 8.43. The molecule has 0 aromatic heterocycles. The minimum Gasteiger partial charge on any atom is -0.550 e. The molecule has 0 amide bonds. The minimum atomic E-state index is -1.11. The average molecular weight is 140 g/mol. The van der Waals surface area contributed by atoms with E-state index >= 15 is 0 Å². The molecule has 0 bridgehead atoms. The van der Waals surface area contributed by atoms with Gasteiger partial charge in [-0.3, -0.25) is 0 Å². The third-order valence-corrected chi connectivity index (χ3v) is 0.827. The van der Waals surface area contributed by atoms with Crippen LogP contribution in [0.15, 0.2) is 0 Å². The number of aliphatic hydroxyl groups is 1. The quantitative estimate of drug-likeness (QED) is 0.404. The van der Waals surface area contributed by atoms with Crippen molar-refractivity contribution in [3.63, 3.8) is 0 Å². The van der Waals surface area contributed by atoms with Crippen LogP contribution < -0.4 is 34.7 Å². The molecule has 48 valence electrons. The molecule has 3 nitrogen and oxygen atoms in total. The molecule has 9 heavy (non-hydrogen) atoms. The molecule has 4 heteroatoms. The Balaban J connectivity index is 0. The van der Waals surface area contributed by atoms with Crippen molar-refractivity contribution < 1.29 is 44.6 Å². The Labute approximate surface area is 76.4 Å². The Morgan fingerprint density at radius 2 is 2.22 bits per heavy atom. The Morgan fingerprint density at radius 3 is 2.33 bits per heavy atom. The van der Waals surface area contributed by atoms with E-state index in [9.17, 15) is 9.90 Å². The molecule has 0 aliphatic rings. The van der Waals surface area contributed by atoms with Crippen molar-refractivity contribution in [2.75, 3.05) is 6.61 Å². The van der Waals surface area contributed by atoms with Gasteiger partial charge in [-0.1, -0.05) is 6.92 Å². The van der Waals surface area contributed by atoms with Crippen molar-refractivity contribution >= 4 is 5.97 Å². The van der Waals surface area contributed by atoms with Gasteiger partial charge in [-0.05, 0) is 12.3 Å². The second-order valence-electron chi connectivity index (χ2n) is 1.86. The van der Waals surface area contributed by atoms with Crippen LogP contribution >= 0.6 is 0 Å². The molecule has 0 fully saturated rings. The molecule has 0 aliphatic carbocycles. The molecule has 1 atom stereocenters. The van der Waals surface area contributed by atoms with Crippen molar-refractivity contribution in [2.45, 2.75) is 13.3 Å². The first kappa shape index (κ1) is 12.1. The summed E-state index contributed by atoms with van der Waals surface area (Å²) in [6.07, 6.45) is -0.0590. The Hall–Kier alpha value is 0.430. The van der Waals surface area contributed by atoms with Crippen LogP contribution in [0.4, 0.5) is 0 Å². The van der Waals surface area contributed by atoms with E-state index in [1.165, 1.54) is 0 Å². The number of carbonyl (C=O) groups excluding carboxylic acids is 1. The zero-order valence-electron chi connectivity index (χ0n) is 5.76. The molecule has 0 saturated carbocycles. The maximum atomic E-state index is 9.75. The predicted octanol–water partition coefficient (Wildman–Crippen LogP) is -4.24. The van der Waals surface area contributed by atoms with Gasteiger partial charge in [-0.15, -0.1) is 0 Å². The molecule has 0 spiro atoms. The van der Waals surface area contributed by atoms with Gasteiger partial charge < -0.3 is 15.0 Å². The molecule has 0 aromatic carbocycles. The molecule has 0 aromatic rings. The second-order valence-corrected chi connectivity index (χ2v) is 1.86. The molecule has 0 saturated heterocycles. The summed E-state index contributed by atoms with van der Waals surface area (Å²) in [6, 6.07) is 0. The van der Waals surface area contributed by atoms with Gasteiger partial charge in [0.05, 0.1) is 0 Å². The number of aliphatic hydroxyl groups excluding tert-OH is 1. The minimum absolute atomic E-state index is 0. The summed E-state index contributed by atoms with van der Waals surface area (Å²) in [6.45, 7) is 1.56. The van der Waals surface area contributed by atoms with Gasteiger partial charge in [-0.25, -0.2) is 0 Å². The van der Waals surface area contributed by atoms with Crippen molar-refractivity contribution in [1.29, 1.82) is 0 Å². The van der Waals surface area contributed by atoms with E-state index in [4.69, 9.17) is 5.11 Å². The summed E-state index contributed by atoms with van der Waals surface area (Å²) in [5.41, 5.74) is 0. The fourth-order valence-electron chi connectivity index (χ4n) is 0.349. The van der Waals surface area contributed by atoms with E-state index in [1.54, 1.807) is 6.92 Å². The Kier molecular flexibility index (Phi) is 8.83. The van der Waals surface area contributed by atoms with Crippen LogP contribution in [-0.4, -0.2) is 17.7 Å². The Morgan fingerprint density at radius 1 is 1.78 bits per heavy atom. The maximum absolute atomic E-state index is 9.75. The average Bonchev–Trinajstić information content (AvgIpc) is 1.65. The van der Waals surface area contributed by atoms with Crippen LogP contribution in [0.3, 0.4) is 0 Å². The first-order valence-corrected chi connectivity index (χ1v) is 2.47. The Bertz CT molecular complexity index is 84.3. The fraction of sp³-hybridized carbons (Fsp3) is 0.800. The first-order valence-electron chi connectivity index (χ1n) is 2.47. The number of aliphatic carboxylic acids is 1. The van der Waals surface area contributed by atoms with Gasteiger partial charge in [0.15, 0.2) is 0 Å².